The van der Waals surface area contributed by atoms with E-state index in [9.17, 15) is 10.0 Å². The van der Waals surface area contributed by atoms with Crippen LogP contribution in [0, 0.1) is 11.1 Å². The molecular weight excluding hydrogens is 166 g/mol. The Bertz CT molecular complexity index is 306. The predicted molar refractivity (Wildman–Crippen MR) is 49.6 cm³/mol. The standard InChI is InChI=1S/C10H12NO2/c1-3-7-5-8-4-6(2)9(7)10(12)11(8)13/h5,8-9H,2-4H2,1H3/q-1. The first-order valence-corrected chi connectivity index (χ1v) is 4.53. The van der Waals surface area contributed by atoms with Gasteiger partial charge >= 0.3 is 0 Å². The third-order valence-corrected chi connectivity index (χ3v) is 2.83. The van der Waals surface area contributed by atoms with Gasteiger partial charge in [0.05, 0.1) is 5.92 Å². The summed E-state index contributed by atoms with van der Waals surface area (Å²) < 4.78 is 0. The Labute approximate surface area is 77.3 Å². The number of amides is 1. The molecule has 3 heteroatoms. The van der Waals surface area contributed by atoms with Gasteiger partial charge in [-0.15, -0.1) is 0 Å². The summed E-state index contributed by atoms with van der Waals surface area (Å²) >= 11 is 0. The van der Waals surface area contributed by atoms with E-state index in [4.69, 9.17) is 0 Å². The minimum Gasteiger partial charge on any atom is -0.756 e. The molecule has 3 aliphatic rings. The second-order valence-electron chi connectivity index (χ2n) is 3.62. The van der Waals surface area contributed by atoms with Crippen LogP contribution >= 0.6 is 0 Å². The molecule has 2 unspecified atom stereocenters. The largest absolute Gasteiger partial charge is 0.756 e. The van der Waals surface area contributed by atoms with Crippen molar-refractivity contribution < 1.29 is 4.79 Å². The number of carbonyl (C=O) groups is 1. The highest BCUT2D eigenvalue weighted by atomic mass is 16.5. The zero-order chi connectivity index (χ0) is 9.59. The van der Waals surface area contributed by atoms with E-state index in [1.807, 2.05) is 13.0 Å². The Morgan fingerprint density at radius 3 is 3.00 bits per heavy atom. The maximum Gasteiger partial charge on any atom is 0.223 e. The third-order valence-electron chi connectivity index (χ3n) is 2.83. The van der Waals surface area contributed by atoms with Gasteiger partial charge in [0.15, 0.2) is 0 Å². The summed E-state index contributed by atoms with van der Waals surface area (Å²) in [5.74, 6) is -0.631. The first-order valence-electron chi connectivity index (χ1n) is 4.53. The summed E-state index contributed by atoms with van der Waals surface area (Å²) in [6, 6.07) is -0.278. The van der Waals surface area contributed by atoms with Gasteiger partial charge in [-0.1, -0.05) is 30.7 Å². The number of nitrogens with zero attached hydrogens (tertiary/aromatic N) is 1. The van der Waals surface area contributed by atoms with Crippen molar-refractivity contribution in [2.75, 3.05) is 0 Å². The van der Waals surface area contributed by atoms with Gasteiger partial charge in [0.1, 0.15) is 0 Å². The normalized spacial score (nSPS) is 32.5. The minimum atomic E-state index is -0.319. The van der Waals surface area contributed by atoms with Crippen LogP contribution in [-0.2, 0) is 4.79 Å². The number of hydroxylamine groups is 2. The molecule has 0 aromatic carbocycles. The lowest BCUT2D eigenvalue weighted by molar-refractivity contribution is -0.134. The molecule has 13 heavy (non-hydrogen) atoms. The minimum absolute atomic E-state index is 0.278. The Hall–Kier alpha value is -1.09. The monoisotopic (exact) mass is 178 g/mol. The van der Waals surface area contributed by atoms with Gasteiger partial charge in [-0.2, -0.15) is 0 Å². The molecule has 3 rings (SSSR count). The lowest BCUT2D eigenvalue weighted by Crippen LogP contribution is -2.48. The zero-order valence-electron chi connectivity index (χ0n) is 7.62. The van der Waals surface area contributed by atoms with Crippen LogP contribution in [0.2, 0.25) is 0 Å². The summed E-state index contributed by atoms with van der Waals surface area (Å²) in [5.41, 5.74) is 1.97. The fourth-order valence-electron chi connectivity index (χ4n) is 2.15. The molecule has 2 atom stereocenters. The van der Waals surface area contributed by atoms with E-state index >= 15 is 0 Å². The quantitative estimate of drug-likeness (QED) is 0.572. The van der Waals surface area contributed by atoms with E-state index in [0.29, 0.717) is 11.5 Å². The summed E-state index contributed by atoms with van der Waals surface area (Å²) in [5, 5.41) is 11.9. The highest BCUT2D eigenvalue weighted by Gasteiger charge is 2.38. The van der Waals surface area contributed by atoms with Crippen LogP contribution in [0.25, 0.3) is 0 Å². The van der Waals surface area contributed by atoms with Crippen molar-refractivity contribution in [1.82, 2.24) is 5.06 Å². The molecule has 3 nitrogen and oxygen atoms in total. The number of rotatable bonds is 1. The van der Waals surface area contributed by atoms with Gasteiger partial charge in [0, 0.05) is 6.04 Å². The Morgan fingerprint density at radius 2 is 2.46 bits per heavy atom. The fraction of sp³-hybridized carbons (Fsp3) is 0.500. The van der Waals surface area contributed by atoms with Crippen molar-refractivity contribution in [3.05, 3.63) is 29.0 Å². The molecule has 1 aliphatic carbocycles. The number of hydrogen-bond acceptors (Lipinski definition) is 2. The van der Waals surface area contributed by atoms with E-state index in [1.165, 1.54) is 0 Å². The molecule has 0 N–H and O–H groups in total. The van der Waals surface area contributed by atoms with Crippen LogP contribution in [0.1, 0.15) is 19.8 Å². The second-order valence-corrected chi connectivity index (χ2v) is 3.62. The molecule has 0 aromatic heterocycles. The molecule has 0 radical (unpaired) electrons. The van der Waals surface area contributed by atoms with Crippen LogP contribution in [0.4, 0.5) is 0 Å². The smallest absolute Gasteiger partial charge is 0.223 e. The van der Waals surface area contributed by atoms with Crippen molar-refractivity contribution in [2.24, 2.45) is 5.92 Å². The van der Waals surface area contributed by atoms with E-state index < -0.39 is 0 Å². The average Bonchev–Trinajstić information content (AvgIpc) is 2.12. The Morgan fingerprint density at radius 1 is 1.77 bits per heavy atom. The predicted octanol–water partition coefficient (Wildman–Crippen LogP) is 1.61. The lowest BCUT2D eigenvalue weighted by atomic mass is 9.76. The van der Waals surface area contributed by atoms with E-state index in [-0.39, 0.29) is 17.9 Å². The first kappa shape index (κ1) is 8.51. The van der Waals surface area contributed by atoms with Crippen molar-refractivity contribution in [1.29, 1.82) is 0 Å². The number of fused-ring (bicyclic) bond motifs is 2. The van der Waals surface area contributed by atoms with Crippen LogP contribution in [0.5, 0.6) is 0 Å². The topological polar surface area (TPSA) is 43.4 Å². The molecule has 1 amide bonds. The van der Waals surface area contributed by atoms with Gasteiger partial charge < -0.3 is 10.3 Å². The summed E-state index contributed by atoms with van der Waals surface area (Å²) in [6.45, 7) is 5.85. The van der Waals surface area contributed by atoms with Crippen molar-refractivity contribution >= 4 is 5.91 Å². The van der Waals surface area contributed by atoms with Crippen LogP contribution in [0.3, 0.4) is 0 Å². The van der Waals surface area contributed by atoms with Crippen molar-refractivity contribution in [3.8, 4) is 0 Å². The number of carbonyl (C=O) groups excluding carboxylic acids is 1. The van der Waals surface area contributed by atoms with E-state index in [1.54, 1.807) is 0 Å². The molecule has 0 aromatic rings. The molecule has 0 saturated carbocycles. The number of hydrogen-bond donors (Lipinski definition) is 0. The van der Waals surface area contributed by atoms with Gasteiger partial charge in [0.2, 0.25) is 5.91 Å². The zero-order valence-corrected chi connectivity index (χ0v) is 7.62. The number of piperidine rings is 1. The molecule has 2 heterocycles. The first-order chi connectivity index (χ1) is 6.15. The molecular formula is C10H12NO2-. The third kappa shape index (κ3) is 1.04. The maximum atomic E-state index is 11.5. The van der Waals surface area contributed by atoms with Crippen LogP contribution in [0.15, 0.2) is 23.8 Å². The highest BCUT2D eigenvalue weighted by molar-refractivity contribution is 5.88. The van der Waals surface area contributed by atoms with Gasteiger partial charge in [-0.05, 0) is 12.8 Å². The van der Waals surface area contributed by atoms with Crippen LogP contribution < -0.4 is 0 Å². The molecule has 2 aliphatic heterocycles. The van der Waals surface area contributed by atoms with E-state index in [2.05, 4.69) is 6.58 Å². The van der Waals surface area contributed by atoms with Crippen molar-refractivity contribution in [3.63, 3.8) is 0 Å². The summed E-state index contributed by atoms with van der Waals surface area (Å²) in [4.78, 5) is 11.5. The second kappa shape index (κ2) is 2.70. The van der Waals surface area contributed by atoms with Gasteiger partial charge in [-0.25, -0.2) is 0 Å². The van der Waals surface area contributed by atoms with Gasteiger partial charge in [-0.3, -0.25) is 4.79 Å². The molecule has 2 bridgehead atoms. The van der Waals surface area contributed by atoms with Crippen LogP contribution in [-0.4, -0.2) is 17.0 Å². The summed E-state index contributed by atoms with van der Waals surface area (Å²) in [6.07, 6.45) is 3.40. The van der Waals surface area contributed by atoms with Gasteiger partial charge in [0.25, 0.3) is 0 Å². The molecule has 0 spiro atoms. The maximum absolute atomic E-state index is 11.5. The molecule has 70 valence electrons. The van der Waals surface area contributed by atoms with Crippen molar-refractivity contribution in [2.45, 2.75) is 25.8 Å². The Kier molecular flexibility index (Phi) is 1.77. The Balaban J connectivity index is 2.43. The highest BCUT2D eigenvalue weighted by Crippen LogP contribution is 2.39. The SMILES string of the molecule is C=C1CC2C=C(CC)C1C(=O)N2[O-]. The lowest BCUT2D eigenvalue weighted by Gasteiger charge is -2.48. The average molecular weight is 178 g/mol. The summed E-state index contributed by atoms with van der Waals surface area (Å²) in [7, 11) is 0. The molecule has 1 fully saturated rings. The van der Waals surface area contributed by atoms with E-state index in [0.717, 1.165) is 17.6 Å². The fourth-order valence-corrected chi connectivity index (χ4v) is 2.15. The molecule has 1 saturated heterocycles.